The molecule has 0 heterocycles. The van der Waals surface area contributed by atoms with Crippen molar-refractivity contribution in [3.05, 3.63) is 34.6 Å². The lowest BCUT2D eigenvalue weighted by Crippen LogP contribution is -2.23. The lowest BCUT2D eigenvalue weighted by molar-refractivity contribution is -0.268. The molecule has 0 saturated heterocycles. The maximum atomic E-state index is 11.9. The first kappa shape index (κ1) is 11.2. The van der Waals surface area contributed by atoms with E-state index in [-0.39, 0.29) is 28.2 Å². The molecule has 5 heteroatoms. The molecular weight excluding hydrogens is 224 g/mol. The molecule has 1 N–H and O–H groups in total. The maximum Gasteiger partial charge on any atom is 0.228 e. The maximum absolute atomic E-state index is 11.9. The third-order valence-corrected chi connectivity index (χ3v) is 2.65. The third-order valence-electron chi connectivity index (χ3n) is 2.65. The second-order valence-electron chi connectivity index (χ2n) is 3.68. The summed E-state index contributed by atoms with van der Waals surface area (Å²) in [4.78, 5) is 23.8. The van der Waals surface area contributed by atoms with Crippen LogP contribution in [0.1, 0.15) is 27.6 Å². The van der Waals surface area contributed by atoms with Crippen LogP contribution >= 0.6 is 0 Å². The summed E-state index contributed by atoms with van der Waals surface area (Å²) in [5, 5.41) is 20.9. The van der Waals surface area contributed by atoms with E-state index < -0.39 is 17.3 Å². The number of carbonyl (C=O) groups excluding carboxylic acids is 2. The fourth-order valence-electron chi connectivity index (χ4n) is 1.84. The Labute approximate surface area is 97.0 Å². The number of aromatic hydroxyl groups is 1. The minimum atomic E-state index is -0.659. The van der Waals surface area contributed by atoms with Crippen LogP contribution in [0.15, 0.2) is 23.5 Å². The van der Waals surface area contributed by atoms with Crippen LogP contribution in [0.4, 0.5) is 0 Å². The van der Waals surface area contributed by atoms with Crippen molar-refractivity contribution in [1.29, 1.82) is 0 Å². The number of benzene rings is 1. The molecule has 1 aromatic carbocycles. The van der Waals surface area contributed by atoms with E-state index in [1.54, 1.807) is 0 Å². The summed E-state index contributed by atoms with van der Waals surface area (Å²) in [6.45, 7) is 1.42. The highest BCUT2D eigenvalue weighted by atomic mass is 16.5. The van der Waals surface area contributed by atoms with Crippen LogP contribution < -0.4 is 5.11 Å². The van der Waals surface area contributed by atoms with Gasteiger partial charge in [0, 0.05) is 16.7 Å². The molecular formula is C12H9O5-. The molecule has 1 aliphatic rings. The molecule has 1 aromatic rings. The Balaban J connectivity index is 2.77. The third kappa shape index (κ3) is 1.47. The van der Waals surface area contributed by atoms with E-state index in [0.29, 0.717) is 0 Å². The highest BCUT2D eigenvalue weighted by Gasteiger charge is 2.31. The van der Waals surface area contributed by atoms with Crippen molar-refractivity contribution in [3.63, 3.8) is 0 Å². The zero-order chi connectivity index (χ0) is 12.7. The molecule has 0 saturated carbocycles. The molecule has 0 amide bonds. The van der Waals surface area contributed by atoms with Crippen LogP contribution in [-0.2, 0) is 4.74 Å². The van der Waals surface area contributed by atoms with Crippen molar-refractivity contribution < 1.29 is 24.5 Å². The number of Topliss-reactive ketones (excluding diaryl/α,β-unsaturated/α-hetero) is 2. The van der Waals surface area contributed by atoms with Gasteiger partial charge in [-0.25, -0.2) is 0 Å². The number of hydrogen-bond donors (Lipinski definition) is 1. The highest BCUT2D eigenvalue weighted by molar-refractivity contribution is 6.27. The number of phenols is 1. The molecule has 0 aliphatic heterocycles. The first-order valence-electron chi connectivity index (χ1n) is 4.85. The second kappa shape index (κ2) is 3.62. The van der Waals surface area contributed by atoms with Crippen LogP contribution in [-0.4, -0.2) is 23.8 Å². The van der Waals surface area contributed by atoms with E-state index in [9.17, 15) is 19.8 Å². The Morgan fingerprint density at radius 1 is 1.24 bits per heavy atom. The summed E-state index contributed by atoms with van der Waals surface area (Å²) in [5.74, 6) is -2.20. The summed E-state index contributed by atoms with van der Waals surface area (Å²) < 4.78 is 4.85. The molecule has 2 rings (SSSR count). The van der Waals surface area contributed by atoms with Gasteiger partial charge < -0.3 is 14.9 Å². The van der Waals surface area contributed by atoms with Gasteiger partial charge in [-0.2, -0.15) is 0 Å². The van der Waals surface area contributed by atoms with Crippen molar-refractivity contribution in [2.45, 2.75) is 6.92 Å². The molecule has 0 spiro atoms. The van der Waals surface area contributed by atoms with Crippen molar-refractivity contribution in [3.8, 4) is 11.5 Å². The zero-order valence-corrected chi connectivity index (χ0v) is 9.23. The van der Waals surface area contributed by atoms with Crippen molar-refractivity contribution in [2.24, 2.45) is 0 Å². The van der Waals surface area contributed by atoms with E-state index in [0.717, 1.165) is 12.1 Å². The van der Waals surface area contributed by atoms with E-state index in [1.165, 1.54) is 14.0 Å². The highest BCUT2D eigenvalue weighted by Crippen LogP contribution is 2.33. The standard InChI is InChI=1S/C12H10O5/c1-5-10(15)9-7(11(16)12(5)17-2)3-6(13)4-8(9)14/h3-4,13-14H,1-2H3/p-1. The zero-order valence-electron chi connectivity index (χ0n) is 9.23. The Morgan fingerprint density at radius 3 is 2.47 bits per heavy atom. The lowest BCUT2D eigenvalue weighted by atomic mass is 9.88. The Hall–Kier alpha value is -2.30. The van der Waals surface area contributed by atoms with E-state index in [1.807, 2.05) is 0 Å². The van der Waals surface area contributed by atoms with Gasteiger partial charge in [0.15, 0.2) is 11.5 Å². The number of fused-ring (bicyclic) bond motifs is 1. The molecule has 0 atom stereocenters. The predicted molar refractivity (Wildman–Crippen MR) is 55.9 cm³/mol. The Bertz CT molecular complexity index is 569. The van der Waals surface area contributed by atoms with Crippen LogP contribution in [0, 0.1) is 0 Å². The summed E-state index contributed by atoms with van der Waals surface area (Å²) in [5.41, 5.74) is -0.207. The Morgan fingerprint density at radius 2 is 1.88 bits per heavy atom. The second-order valence-corrected chi connectivity index (χ2v) is 3.68. The van der Waals surface area contributed by atoms with Crippen LogP contribution in [0.25, 0.3) is 0 Å². The molecule has 0 unspecified atom stereocenters. The van der Waals surface area contributed by atoms with Gasteiger partial charge in [-0.05, 0) is 19.1 Å². The van der Waals surface area contributed by atoms with E-state index in [2.05, 4.69) is 0 Å². The Kier molecular flexibility index (Phi) is 2.38. The average Bonchev–Trinajstić information content (AvgIpc) is 2.26. The number of rotatable bonds is 1. The normalized spacial score (nSPS) is 14.9. The molecule has 17 heavy (non-hydrogen) atoms. The largest absolute Gasteiger partial charge is 0.872 e. The number of methoxy groups -OCH3 is 1. The number of allylic oxidation sites excluding steroid dienone is 2. The SMILES string of the molecule is COC1=C(C)C(=O)c2c([O-])cc(O)cc2C1=O. The minimum Gasteiger partial charge on any atom is -0.872 e. The van der Waals surface area contributed by atoms with Gasteiger partial charge in [0.05, 0.1) is 7.11 Å². The van der Waals surface area contributed by atoms with Crippen molar-refractivity contribution >= 4 is 11.6 Å². The van der Waals surface area contributed by atoms with Gasteiger partial charge in [0.25, 0.3) is 0 Å². The lowest BCUT2D eigenvalue weighted by Gasteiger charge is -2.22. The fraction of sp³-hybridized carbons (Fsp3) is 0.167. The van der Waals surface area contributed by atoms with Gasteiger partial charge in [-0.3, -0.25) is 9.59 Å². The van der Waals surface area contributed by atoms with Crippen molar-refractivity contribution in [2.75, 3.05) is 7.11 Å². The number of hydrogen-bond acceptors (Lipinski definition) is 5. The molecule has 0 fully saturated rings. The average molecular weight is 233 g/mol. The number of ketones is 2. The summed E-state index contributed by atoms with van der Waals surface area (Å²) in [6.07, 6.45) is 0. The number of phenolic OH excluding ortho intramolecular Hbond substituents is 1. The van der Waals surface area contributed by atoms with E-state index in [4.69, 9.17) is 4.74 Å². The van der Waals surface area contributed by atoms with Gasteiger partial charge >= 0.3 is 0 Å². The molecule has 0 radical (unpaired) electrons. The quantitative estimate of drug-likeness (QED) is 0.773. The summed E-state index contributed by atoms with van der Waals surface area (Å²) >= 11 is 0. The van der Waals surface area contributed by atoms with Gasteiger partial charge in [-0.15, -0.1) is 0 Å². The van der Waals surface area contributed by atoms with Crippen LogP contribution in [0.5, 0.6) is 11.5 Å². The summed E-state index contributed by atoms with van der Waals surface area (Å²) in [7, 11) is 1.27. The smallest absolute Gasteiger partial charge is 0.228 e. The molecule has 5 nitrogen and oxygen atoms in total. The fourth-order valence-corrected chi connectivity index (χ4v) is 1.84. The molecule has 0 aromatic heterocycles. The molecule has 0 bridgehead atoms. The topological polar surface area (TPSA) is 86.7 Å². The van der Waals surface area contributed by atoms with Crippen LogP contribution in [0.3, 0.4) is 0 Å². The molecule has 1 aliphatic carbocycles. The molecule has 88 valence electrons. The number of carbonyl (C=O) groups is 2. The van der Waals surface area contributed by atoms with Gasteiger partial charge in [0.1, 0.15) is 5.75 Å². The van der Waals surface area contributed by atoms with E-state index >= 15 is 0 Å². The first-order chi connectivity index (χ1) is 7.97. The first-order valence-corrected chi connectivity index (χ1v) is 4.85. The van der Waals surface area contributed by atoms with Gasteiger partial charge in [-0.1, -0.05) is 5.75 Å². The van der Waals surface area contributed by atoms with Gasteiger partial charge in [0.2, 0.25) is 5.78 Å². The monoisotopic (exact) mass is 233 g/mol. The minimum absolute atomic E-state index is 0.0903. The summed E-state index contributed by atoms with van der Waals surface area (Å²) in [6, 6.07) is 2.01. The van der Waals surface area contributed by atoms with Crippen molar-refractivity contribution in [1.82, 2.24) is 0 Å². The predicted octanol–water partition coefficient (Wildman–Crippen LogP) is 0.765. The van der Waals surface area contributed by atoms with Crippen LogP contribution in [0.2, 0.25) is 0 Å². The number of ether oxygens (including phenoxy) is 1.